The molecular weight excluding hydrogens is 352 g/mol. The molecule has 2 amide bonds. The maximum absolute atomic E-state index is 13.0. The Morgan fingerprint density at radius 1 is 1.12 bits per heavy atom. The molecule has 0 saturated carbocycles. The maximum Gasteiger partial charge on any atom is 0.266 e. The van der Waals surface area contributed by atoms with Crippen molar-refractivity contribution < 1.29 is 9.59 Å². The molecule has 3 rings (SSSR count). The smallest absolute Gasteiger partial charge is 0.266 e. The Kier molecular flexibility index (Phi) is 4.92. The van der Waals surface area contributed by atoms with Crippen molar-refractivity contribution >= 4 is 46.5 Å². The molecular formula is C19H18N2O2S2. The van der Waals surface area contributed by atoms with Crippen molar-refractivity contribution in [2.24, 2.45) is 0 Å². The molecule has 2 aliphatic rings. The number of benzene rings is 1. The maximum atomic E-state index is 13.0. The van der Waals surface area contributed by atoms with Crippen molar-refractivity contribution in [3.8, 4) is 0 Å². The van der Waals surface area contributed by atoms with Gasteiger partial charge in [-0.25, -0.2) is 0 Å². The summed E-state index contributed by atoms with van der Waals surface area (Å²) in [6.45, 7) is 8.38. The zero-order chi connectivity index (χ0) is 18.1. The molecule has 0 aromatic heterocycles. The molecule has 6 heteroatoms. The third-order valence-corrected chi connectivity index (χ3v) is 5.71. The van der Waals surface area contributed by atoms with E-state index in [9.17, 15) is 9.59 Å². The molecule has 0 unspecified atom stereocenters. The van der Waals surface area contributed by atoms with E-state index in [1.165, 1.54) is 9.80 Å². The lowest BCUT2D eigenvalue weighted by Crippen LogP contribution is -2.56. The van der Waals surface area contributed by atoms with Crippen molar-refractivity contribution in [1.82, 2.24) is 9.80 Å². The lowest BCUT2D eigenvalue weighted by Gasteiger charge is -2.36. The van der Waals surface area contributed by atoms with E-state index in [0.717, 1.165) is 15.4 Å². The van der Waals surface area contributed by atoms with Crippen molar-refractivity contribution in [2.45, 2.75) is 18.7 Å². The number of carbonyl (C=O) groups is 2. The van der Waals surface area contributed by atoms with Crippen molar-refractivity contribution in [3.05, 3.63) is 59.0 Å². The number of carbonyl (C=O) groups excluding carboxylic acids is 2. The van der Waals surface area contributed by atoms with Crippen LogP contribution < -0.4 is 0 Å². The third kappa shape index (κ3) is 2.85. The van der Waals surface area contributed by atoms with Crippen molar-refractivity contribution in [3.63, 3.8) is 0 Å². The predicted molar refractivity (Wildman–Crippen MR) is 105 cm³/mol. The molecule has 0 bridgehead atoms. The van der Waals surface area contributed by atoms with E-state index in [1.807, 2.05) is 44.2 Å². The molecule has 4 nitrogen and oxygen atoms in total. The molecule has 0 N–H and O–H groups in total. The molecule has 0 atom stereocenters. The summed E-state index contributed by atoms with van der Waals surface area (Å²) in [6.07, 6.45) is 3.60. The molecule has 128 valence electrons. The van der Waals surface area contributed by atoms with Gasteiger partial charge in [-0.3, -0.25) is 19.4 Å². The van der Waals surface area contributed by atoms with E-state index in [0.29, 0.717) is 18.7 Å². The van der Waals surface area contributed by atoms with Crippen LogP contribution >= 0.6 is 24.0 Å². The zero-order valence-corrected chi connectivity index (χ0v) is 15.7. The molecule has 1 aromatic carbocycles. The molecule has 1 fully saturated rings. The Bertz CT molecular complexity index is 827. The van der Waals surface area contributed by atoms with E-state index in [4.69, 9.17) is 12.2 Å². The quantitative estimate of drug-likeness (QED) is 0.463. The molecule has 0 spiro atoms. The first-order valence-electron chi connectivity index (χ1n) is 8.06. The van der Waals surface area contributed by atoms with Gasteiger partial charge in [0.15, 0.2) is 5.11 Å². The average Bonchev–Trinajstić information content (AvgIpc) is 2.62. The van der Waals surface area contributed by atoms with E-state index in [2.05, 4.69) is 6.58 Å². The van der Waals surface area contributed by atoms with Crippen LogP contribution in [0.15, 0.2) is 58.4 Å². The molecule has 1 saturated heterocycles. The SMILES string of the molecule is C=CC1=CC(=C2C(=O)N(CC)C(=S)N(CC)C2=O)c2ccccc2S1. The van der Waals surface area contributed by atoms with Crippen LogP contribution in [0.25, 0.3) is 5.57 Å². The summed E-state index contributed by atoms with van der Waals surface area (Å²) in [4.78, 5) is 30.9. The second-order valence-electron chi connectivity index (χ2n) is 5.52. The number of thioether (sulfide) groups is 1. The molecule has 1 aromatic rings. The fourth-order valence-electron chi connectivity index (χ4n) is 2.93. The Balaban J connectivity index is 2.28. The van der Waals surface area contributed by atoms with E-state index in [-0.39, 0.29) is 22.5 Å². The van der Waals surface area contributed by atoms with Gasteiger partial charge in [0.1, 0.15) is 5.57 Å². The largest absolute Gasteiger partial charge is 0.285 e. The molecule has 2 heterocycles. The van der Waals surface area contributed by atoms with Crippen LogP contribution in [0.3, 0.4) is 0 Å². The number of amides is 2. The number of thiocarbonyl (C=S) groups is 1. The van der Waals surface area contributed by atoms with Crippen LogP contribution in [-0.4, -0.2) is 39.8 Å². The third-order valence-electron chi connectivity index (χ3n) is 4.17. The van der Waals surface area contributed by atoms with Crippen LogP contribution in [0.2, 0.25) is 0 Å². The van der Waals surface area contributed by atoms with Gasteiger partial charge < -0.3 is 0 Å². The van der Waals surface area contributed by atoms with Gasteiger partial charge in [-0.05, 0) is 43.8 Å². The van der Waals surface area contributed by atoms with E-state index >= 15 is 0 Å². The summed E-state index contributed by atoms with van der Waals surface area (Å²) in [5, 5.41) is 0.274. The second kappa shape index (κ2) is 6.98. The number of likely N-dealkylation sites (N-methyl/N-ethyl adjacent to an activating group) is 2. The minimum Gasteiger partial charge on any atom is -0.285 e. The first-order valence-corrected chi connectivity index (χ1v) is 9.29. The van der Waals surface area contributed by atoms with Crippen LogP contribution in [0.5, 0.6) is 0 Å². The fourth-order valence-corrected chi connectivity index (χ4v) is 4.30. The number of rotatable bonds is 3. The van der Waals surface area contributed by atoms with E-state index < -0.39 is 0 Å². The molecule has 0 aliphatic carbocycles. The second-order valence-corrected chi connectivity index (χ2v) is 7.00. The Hall–Kier alpha value is -2.18. The summed E-state index contributed by atoms with van der Waals surface area (Å²) in [5.74, 6) is -0.669. The van der Waals surface area contributed by atoms with Gasteiger partial charge in [-0.2, -0.15) is 0 Å². The van der Waals surface area contributed by atoms with Gasteiger partial charge >= 0.3 is 0 Å². The van der Waals surface area contributed by atoms with Crippen LogP contribution in [0.1, 0.15) is 19.4 Å². The lowest BCUT2D eigenvalue weighted by atomic mass is 9.95. The Labute approximate surface area is 156 Å². The topological polar surface area (TPSA) is 40.6 Å². The van der Waals surface area contributed by atoms with Crippen molar-refractivity contribution in [1.29, 1.82) is 0 Å². The fraction of sp³-hybridized carbons (Fsp3) is 0.211. The monoisotopic (exact) mass is 370 g/mol. The highest BCUT2D eigenvalue weighted by molar-refractivity contribution is 8.03. The summed E-state index contributed by atoms with van der Waals surface area (Å²) >= 11 is 6.91. The highest BCUT2D eigenvalue weighted by atomic mass is 32.2. The number of hydrogen-bond acceptors (Lipinski definition) is 4. The minimum atomic E-state index is -0.335. The lowest BCUT2D eigenvalue weighted by molar-refractivity contribution is -0.133. The molecule has 25 heavy (non-hydrogen) atoms. The number of nitrogens with zero attached hydrogens (tertiary/aromatic N) is 2. The van der Waals surface area contributed by atoms with Gasteiger partial charge in [0.2, 0.25) is 0 Å². The average molecular weight is 370 g/mol. The first-order chi connectivity index (χ1) is 12.0. The summed E-state index contributed by atoms with van der Waals surface area (Å²) in [6, 6.07) is 7.76. The van der Waals surface area contributed by atoms with Gasteiger partial charge in [0.05, 0.1) is 0 Å². The molecule has 0 radical (unpaired) electrons. The Morgan fingerprint density at radius 3 is 2.28 bits per heavy atom. The normalized spacial score (nSPS) is 17.7. The minimum absolute atomic E-state index is 0.171. The highest BCUT2D eigenvalue weighted by Crippen LogP contribution is 2.42. The van der Waals surface area contributed by atoms with Crippen LogP contribution in [0, 0.1) is 0 Å². The van der Waals surface area contributed by atoms with E-state index in [1.54, 1.807) is 17.8 Å². The van der Waals surface area contributed by atoms with Gasteiger partial charge in [0.25, 0.3) is 11.8 Å². The summed E-state index contributed by atoms with van der Waals surface area (Å²) in [5.41, 5.74) is 1.69. The molecule has 2 aliphatic heterocycles. The number of hydrogen-bond donors (Lipinski definition) is 0. The van der Waals surface area contributed by atoms with Gasteiger partial charge in [-0.15, -0.1) is 0 Å². The van der Waals surface area contributed by atoms with Gasteiger partial charge in [0, 0.05) is 28.5 Å². The van der Waals surface area contributed by atoms with Crippen molar-refractivity contribution in [2.75, 3.05) is 13.1 Å². The highest BCUT2D eigenvalue weighted by Gasteiger charge is 2.40. The zero-order valence-electron chi connectivity index (χ0n) is 14.1. The Morgan fingerprint density at radius 2 is 1.72 bits per heavy atom. The predicted octanol–water partition coefficient (Wildman–Crippen LogP) is 3.61. The summed E-state index contributed by atoms with van der Waals surface area (Å²) in [7, 11) is 0. The van der Waals surface area contributed by atoms with Crippen LogP contribution in [0.4, 0.5) is 0 Å². The van der Waals surface area contributed by atoms with Gasteiger partial charge in [-0.1, -0.05) is 42.6 Å². The first kappa shape index (κ1) is 17.6. The standard InChI is InChI=1S/C19H18N2O2S2/c1-4-12-11-14(13-9-7-8-10-15(13)25-12)16-17(22)20(5-2)19(24)21(6-3)18(16)23/h4,7-11H,1,5-6H2,2-3H3. The number of allylic oxidation sites excluding steroid dienone is 3. The summed E-state index contributed by atoms with van der Waals surface area (Å²) < 4.78 is 0. The number of fused-ring (bicyclic) bond motifs is 1. The van der Waals surface area contributed by atoms with Crippen LogP contribution in [-0.2, 0) is 9.59 Å².